The van der Waals surface area contributed by atoms with E-state index >= 15 is 0 Å². The molecule has 1 saturated heterocycles. The second kappa shape index (κ2) is 9.37. The third kappa shape index (κ3) is 4.63. The Labute approximate surface area is 184 Å². The quantitative estimate of drug-likeness (QED) is 0.675. The molecular formula is C22H28ClN3O3S. The summed E-state index contributed by atoms with van der Waals surface area (Å²) in [4.78, 5) is 17.3. The first kappa shape index (κ1) is 22.6. The van der Waals surface area contributed by atoms with Gasteiger partial charge in [-0.3, -0.25) is 4.79 Å². The number of aryl methyl sites for hydroxylation is 1. The first-order valence-corrected chi connectivity index (χ1v) is 12.0. The predicted octanol–water partition coefficient (Wildman–Crippen LogP) is 3.64. The van der Waals surface area contributed by atoms with E-state index in [0.717, 1.165) is 5.69 Å². The maximum atomic E-state index is 13.1. The fourth-order valence-electron chi connectivity index (χ4n) is 3.74. The van der Waals surface area contributed by atoms with Crippen molar-refractivity contribution in [1.82, 2.24) is 9.21 Å². The summed E-state index contributed by atoms with van der Waals surface area (Å²) < 4.78 is 27.4. The second-order valence-electron chi connectivity index (χ2n) is 7.33. The van der Waals surface area contributed by atoms with Crippen LogP contribution in [0.25, 0.3) is 0 Å². The standard InChI is InChI=1S/C22H28ClN3O3S/c1-4-26(5-2)30(28,29)21-15-18(10-9-17(21)3)22(27)25-13-11-24(12-14-25)20-8-6-7-19(23)16-20/h6-10,15-16H,4-5,11-14H2,1-3H3. The summed E-state index contributed by atoms with van der Waals surface area (Å²) in [5.74, 6) is -0.142. The van der Waals surface area contributed by atoms with Gasteiger partial charge in [0.25, 0.3) is 5.91 Å². The zero-order chi connectivity index (χ0) is 21.9. The first-order valence-electron chi connectivity index (χ1n) is 10.2. The van der Waals surface area contributed by atoms with Gasteiger partial charge >= 0.3 is 0 Å². The van der Waals surface area contributed by atoms with E-state index in [9.17, 15) is 13.2 Å². The third-order valence-electron chi connectivity index (χ3n) is 5.50. The number of halogens is 1. The second-order valence-corrected chi connectivity index (χ2v) is 9.67. The van der Waals surface area contributed by atoms with Crippen LogP contribution in [-0.2, 0) is 10.0 Å². The number of carbonyl (C=O) groups excluding carboxylic acids is 1. The molecule has 1 amide bonds. The van der Waals surface area contributed by atoms with Crippen LogP contribution in [0.15, 0.2) is 47.4 Å². The van der Waals surface area contributed by atoms with Gasteiger partial charge in [0.1, 0.15) is 0 Å². The molecule has 0 aromatic heterocycles. The van der Waals surface area contributed by atoms with Crippen molar-refractivity contribution in [2.45, 2.75) is 25.7 Å². The van der Waals surface area contributed by atoms with Crippen LogP contribution in [0.3, 0.4) is 0 Å². The Balaban J connectivity index is 1.77. The number of carbonyl (C=O) groups is 1. The Morgan fingerprint density at radius 2 is 1.70 bits per heavy atom. The summed E-state index contributed by atoms with van der Waals surface area (Å²) >= 11 is 6.09. The summed E-state index contributed by atoms with van der Waals surface area (Å²) in [5.41, 5.74) is 2.09. The fraction of sp³-hybridized carbons (Fsp3) is 0.409. The molecule has 3 rings (SSSR count). The van der Waals surface area contributed by atoms with Crippen molar-refractivity contribution in [3.8, 4) is 0 Å². The zero-order valence-corrected chi connectivity index (χ0v) is 19.2. The molecule has 8 heteroatoms. The molecule has 0 aliphatic carbocycles. The SMILES string of the molecule is CCN(CC)S(=O)(=O)c1cc(C(=O)N2CCN(c3cccc(Cl)c3)CC2)ccc1C. The van der Waals surface area contributed by atoms with Crippen molar-refractivity contribution < 1.29 is 13.2 Å². The van der Waals surface area contributed by atoms with Gasteiger partial charge in [0.15, 0.2) is 0 Å². The normalized spacial score (nSPS) is 15.0. The fourth-order valence-corrected chi connectivity index (χ4v) is 5.63. The van der Waals surface area contributed by atoms with E-state index in [1.54, 1.807) is 24.0 Å². The van der Waals surface area contributed by atoms with Crippen LogP contribution in [0.2, 0.25) is 5.02 Å². The van der Waals surface area contributed by atoms with E-state index in [-0.39, 0.29) is 10.8 Å². The monoisotopic (exact) mass is 449 g/mol. The lowest BCUT2D eigenvalue weighted by molar-refractivity contribution is 0.0746. The van der Waals surface area contributed by atoms with Crippen molar-refractivity contribution in [2.24, 2.45) is 0 Å². The van der Waals surface area contributed by atoms with Crippen LogP contribution in [0.5, 0.6) is 0 Å². The first-order chi connectivity index (χ1) is 14.3. The van der Waals surface area contributed by atoms with E-state index in [1.807, 2.05) is 38.1 Å². The van der Waals surface area contributed by atoms with Gasteiger partial charge in [0.2, 0.25) is 10.0 Å². The molecule has 0 spiro atoms. The molecule has 0 bridgehead atoms. The average Bonchev–Trinajstić information content (AvgIpc) is 2.74. The number of hydrogen-bond donors (Lipinski definition) is 0. The highest BCUT2D eigenvalue weighted by Crippen LogP contribution is 2.24. The van der Waals surface area contributed by atoms with Crippen LogP contribution in [0.1, 0.15) is 29.8 Å². The predicted molar refractivity (Wildman–Crippen MR) is 121 cm³/mol. The van der Waals surface area contributed by atoms with Gasteiger partial charge in [-0.15, -0.1) is 0 Å². The largest absolute Gasteiger partial charge is 0.368 e. The van der Waals surface area contributed by atoms with Gasteiger partial charge in [-0.1, -0.05) is 37.6 Å². The summed E-state index contributed by atoms with van der Waals surface area (Å²) in [6.45, 7) is 8.69. The van der Waals surface area contributed by atoms with Gasteiger partial charge in [-0.2, -0.15) is 4.31 Å². The minimum atomic E-state index is -3.63. The van der Waals surface area contributed by atoms with Crippen LogP contribution in [0, 0.1) is 6.92 Å². The van der Waals surface area contributed by atoms with Gasteiger partial charge in [0, 0.05) is 55.5 Å². The lowest BCUT2D eigenvalue weighted by Crippen LogP contribution is -2.48. The van der Waals surface area contributed by atoms with Crippen molar-refractivity contribution in [2.75, 3.05) is 44.2 Å². The summed E-state index contributed by atoms with van der Waals surface area (Å²) in [5, 5.41) is 0.688. The number of sulfonamides is 1. The lowest BCUT2D eigenvalue weighted by Gasteiger charge is -2.36. The van der Waals surface area contributed by atoms with Crippen molar-refractivity contribution >= 4 is 33.2 Å². The molecule has 0 saturated carbocycles. The lowest BCUT2D eigenvalue weighted by atomic mass is 10.1. The molecule has 1 aliphatic rings. The smallest absolute Gasteiger partial charge is 0.254 e. The van der Waals surface area contributed by atoms with Gasteiger partial charge in [-0.05, 0) is 42.8 Å². The van der Waals surface area contributed by atoms with Crippen LogP contribution in [-0.4, -0.2) is 62.8 Å². The highest BCUT2D eigenvalue weighted by molar-refractivity contribution is 7.89. The van der Waals surface area contributed by atoms with E-state index in [1.165, 1.54) is 10.4 Å². The number of anilines is 1. The molecular weight excluding hydrogens is 422 g/mol. The molecule has 2 aromatic carbocycles. The Morgan fingerprint density at radius 1 is 1.03 bits per heavy atom. The molecule has 0 radical (unpaired) electrons. The molecule has 1 heterocycles. The van der Waals surface area contributed by atoms with Gasteiger partial charge in [0.05, 0.1) is 4.90 Å². The maximum Gasteiger partial charge on any atom is 0.254 e. The number of benzene rings is 2. The highest BCUT2D eigenvalue weighted by Gasteiger charge is 2.27. The number of amides is 1. The number of piperazine rings is 1. The summed E-state index contributed by atoms with van der Waals surface area (Å²) in [6.07, 6.45) is 0. The van der Waals surface area contributed by atoms with E-state index in [2.05, 4.69) is 4.90 Å². The minimum absolute atomic E-state index is 0.142. The van der Waals surface area contributed by atoms with Crippen molar-refractivity contribution in [3.05, 3.63) is 58.6 Å². The molecule has 6 nitrogen and oxygen atoms in total. The van der Waals surface area contributed by atoms with E-state index in [0.29, 0.717) is 55.4 Å². The molecule has 2 aromatic rings. The van der Waals surface area contributed by atoms with Crippen LogP contribution >= 0.6 is 11.6 Å². The Morgan fingerprint density at radius 3 is 2.30 bits per heavy atom. The van der Waals surface area contributed by atoms with Crippen LogP contribution < -0.4 is 4.90 Å². The molecule has 0 atom stereocenters. The molecule has 0 unspecified atom stereocenters. The van der Waals surface area contributed by atoms with Gasteiger partial charge in [-0.25, -0.2) is 8.42 Å². The number of nitrogens with zero attached hydrogens (tertiary/aromatic N) is 3. The Kier molecular flexibility index (Phi) is 7.06. The summed E-state index contributed by atoms with van der Waals surface area (Å²) in [7, 11) is -3.63. The topological polar surface area (TPSA) is 60.9 Å². The Hall–Kier alpha value is -2.09. The molecule has 1 fully saturated rings. The van der Waals surface area contributed by atoms with E-state index < -0.39 is 10.0 Å². The molecule has 1 aliphatic heterocycles. The van der Waals surface area contributed by atoms with Gasteiger partial charge < -0.3 is 9.80 Å². The third-order valence-corrected chi connectivity index (χ3v) is 7.93. The molecule has 162 valence electrons. The molecule has 0 N–H and O–H groups in total. The van der Waals surface area contributed by atoms with Crippen molar-refractivity contribution in [3.63, 3.8) is 0 Å². The maximum absolute atomic E-state index is 13.1. The van der Waals surface area contributed by atoms with Crippen LogP contribution in [0.4, 0.5) is 5.69 Å². The zero-order valence-electron chi connectivity index (χ0n) is 17.6. The average molecular weight is 450 g/mol. The number of rotatable bonds is 6. The highest BCUT2D eigenvalue weighted by atomic mass is 35.5. The summed E-state index contributed by atoms with van der Waals surface area (Å²) in [6, 6.07) is 12.6. The minimum Gasteiger partial charge on any atom is -0.368 e. The number of hydrogen-bond acceptors (Lipinski definition) is 4. The van der Waals surface area contributed by atoms with E-state index in [4.69, 9.17) is 11.6 Å². The Bertz CT molecular complexity index is 1010. The van der Waals surface area contributed by atoms with Crippen molar-refractivity contribution in [1.29, 1.82) is 0 Å². The molecule has 30 heavy (non-hydrogen) atoms.